The lowest BCUT2D eigenvalue weighted by atomic mass is 10.1. The van der Waals surface area contributed by atoms with E-state index in [4.69, 9.17) is 0 Å². The van der Waals surface area contributed by atoms with Crippen molar-refractivity contribution in [2.24, 2.45) is 0 Å². The van der Waals surface area contributed by atoms with Gasteiger partial charge in [0.1, 0.15) is 6.04 Å². The van der Waals surface area contributed by atoms with Gasteiger partial charge in [0.2, 0.25) is 0 Å². The van der Waals surface area contributed by atoms with Crippen molar-refractivity contribution < 1.29 is 5.32 Å². The summed E-state index contributed by atoms with van der Waals surface area (Å²) < 4.78 is 0. The quantitative estimate of drug-likeness (QED) is 0.743. The van der Waals surface area contributed by atoms with Crippen molar-refractivity contribution in [3.63, 3.8) is 0 Å². The number of nitrogens with zero attached hydrogens (tertiary/aromatic N) is 1. The van der Waals surface area contributed by atoms with Crippen LogP contribution in [0.1, 0.15) is 24.4 Å². The molecule has 0 bridgehead atoms. The smallest absolute Gasteiger partial charge is 0.112 e. The van der Waals surface area contributed by atoms with Crippen molar-refractivity contribution >= 4 is 5.69 Å². The molecule has 2 heteroatoms. The molecular formula is C12H19N2+. The summed E-state index contributed by atoms with van der Waals surface area (Å²) in [6, 6.07) is 9.67. The summed E-state index contributed by atoms with van der Waals surface area (Å²) >= 11 is 0. The average Bonchev–Trinajstić information content (AvgIpc) is 2.71. The van der Waals surface area contributed by atoms with Gasteiger partial charge in [-0.15, -0.1) is 0 Å². The lowest BCUT2D eigenvalue weighted by Crippen LogP contribution is -2.81. The maximum atomic E-state index is 2.45. The Morgan fingerprint density at radius 3 is 2.43 bits per heavy atom. The van der Waals surface area contributed by atoms with Crippen molar-refractivity contribution in [2.45, 2.75) is 18.9 Å². The molecule has 14 heavy (non-hydrogen) atoms. The average molecular weight is 191 g/mol. The fourth-order valence-corrected chi connectivity index (χ4v) is 2.10. The maximum absolute atomic E-state index is 2.45. The summed E-state index contributed by atoms with van der Waals surface area (Å²) in [5, 5.41) is 2.45. The Kier molecular flexibility index (Phi) is 2.73. The van der Waals surface area contributed by atoms with E-state index in [-0.39, 0.29) is 0 Å². The number of quaternary nitrogens is 1. The van der Waals surface area contributed by atoms with Gasteiger partial charge >= 0.3 is 0 Å². The number of anilines is 1. The largest absolute Gasteiger partial charge is 0.378 e. The summed E-state index contributed by atoms with van der Waals surface area (Å²) in [5.41, 5.74) is 2.76. The van der Waals surface area contributed by atoms with Gasteiger partial charge in [-0.3, -0.25) is 0 Å². The van der Waals surface area contributed by atoms with Crippen molar-refractivity contribution in [2.75, 3.05) is 25.5 Å². The normalized spacial score (nSPS) is 21.1. The van der Waals surface area contributed by atoms with Gasteiger partial charge in [0.25, 0.3) is 0 Å². The van der Waals surface area contributed by atoms with Crippen LogP contribution < -0.4 is 10.2 Å². The molecular weight excluding hydrogens is 172 g/mol. The third-order valence-corrected chi connectivity index (χ3v) is 3.01. The summed E-state index contributed by atoms with van der Waals surface area (Å²) in [6.07, 6.45) is 2.70. The topological polar surface area (TPSA) is 19.9 Å². The minimum absolute atomic E-state index is 0.714. The van der Waals surface area contributed by atoms with Crippen LogP contribution in [0.4, 0.5) is 5.69 Å². The molecule has 1 heterocycles. The predicted octanol–water partition coefficient (Wildman–Crippen LogP) is 1.15. The Hall–Kier alpha value is -1.02. The van der Waals surface area contributed by atoms with Crippen molar-refractivity contribution in [3.05, 3.63) is 29.8 Å². The van der Waals surface area contributed by atoms with Gasteiger partial charge in [-0.25, -0.2) is 0 Å². The van der Waals surface area contributed by atoms with Crippen LogP contribution in [0.25, 0.3) is 0 Å². The second-order valence-corrected chi connectivity index (χ2v) is 4.26. The molecule has 0 saturated carbocycles. The highest BCUT2D eigenvalue weighted by Gasteiger charge is 2.19. The lowest BCUT2D eigenvalue weighted by molar-refractivity contribution is -0.676. The van der Waals surface area contributed by atoms with Crippen LogP contribution in [-0.2, 0) is 0 Å². The zero-order valence-corrected chi connectivity index (χ0v) is 9.03. The number of nitrogens with two attached hydrogens (primary N) is 1. The highest BCUT2D eigenvalue weighted by Crippen LogP contribution is 2.20. The van der Waals surface area contributed by atoms with E-state index in [2.05, 4.69) is 48.6 Å². The molecule has 1 fully saturated rings. The Morgan fingerprint density at radius 2 is 1.93 bits per heavy atom. The maximum Gasteiger partial charge on any atom is 0.112 e. The van der Waals surface area contributed by atoms with Crippen LogP contribution in [0.15, 0.2) is 24.3 Å². The van der Waals surface area contributed by atoms with Gasteiger partial charge in [0.05, 0.1) is 6.54 Å². The first-order valence-corrected chi connectivity index (χ1v) is 5.38. The predicted molar refractivity (Wildman–Crippen MR) is 59.5 cm³/mol. The van der Waals surface area contributed by atoms with Gasteiger partial charge in [0, 0.05) is 38.2 Å². The summed E-state index contributed by atoms with van der Waals surface area (Å²) in [7, 11) is 4.16. The van der Waals surface area contributed by atoms with E-state index < -0.39 is 0 Å². The highest BCUT2D eigenvalue weighted by atomic mass is 15.1. The molecule has 1 saturated heterocycles. The number of benzene rings is 1. The zero-order chi connectivity index (χ0) is 9.97. The highest BCUT2D eigenvalue weighted by molar-refractivity contribution is 5.46. The molecule has 0 amide bonds. The molecule has 0 radical (unpaired) electrons. The first-order valence-electron chi connectivity index (χ1n) is 5.38. The Balaban J connectivity index is 2.12. The van der Waals surface area contributed by atoms with E-state index in [0.29, 0.717) is 6.04 Å². The Morgan fingerprint density at radius 1 is 1.21 bits per heavy atom. The third kappa shape index (κ3) is 1.90. The van der Waals surface area contributed by atoms with Crippen LogP contribution in [0.5, 0.6) is 0 Å². The molecule has 76 valence electrons. The van der Waals surface area contributed by atoms with Crippen LogP contribution >= 0.6 is 0 Å². The molecule has 1 aromatic carbocycles. The molecule has 0 aliphatic carbocycles. The van der Waals surface area contributed by atoms with E-state index in [1.54, 1.807) is 0 Å². The van der Waals surface area contributed by atoms with Gasteiger partial charge < -0.3 is 10.2 Å². The molecule has 1 aliphatic heterocycles. The van der Waals surface area contributed by atoms with Crippen LogP contribution in [-0.4, -0.2) is 20.6 Å². The second kappa shape index (κ2) is 4.01. The molecule has 2 nitrogen and oxygen atoms in total. The Labute approximate surface area is 85.9 Å². The first kappa shape index (κ1) is 9.53. The van der Waals surface area contributed by atoms with Gasteiger partial charge in [0.15, 0.2) is 0 Å². The fourth-order valence-electron chi connectivity index (χ4n) is 2.10. The van der Waals surface area contributed by atoms with Crippen LogP contribution in [0.2, 0.25) is 0 Å². The number of hydrogen-bond acceptors (Lipinski definition) is 1. The van der Waals surface area contributed by atoms with E-state index in [9.17, 15) is 0 Å². The van der Waals surface area contributed by atoms with Crippen molar-refractivity contribution in [3.8, 4) is 0 Å². The van der Waals surface area contributed by atoms with Crippen LogP contribution in [0.3, 0.4) is 0 Å². The second-order valence-electron chi connectivity index (χ2n) is 4.26. The SMILES string of the molecule is CN(C)c1ccc([C@H]2CCC[NH2+]2)cc1. The number of hydrogen-bond donors (Lipinski definition) is 1. The van der Waals surface area contributed by atoms with Gasteiger partial charge in [-0.1, -0.05) is 12.1 Å². The molecule has 1 atom stereocenters. The minimum atomic E-state index is 0.714. The van der Waals surface area contributed by atoms with Crippen LogP contribution in [0, 0.1) is 0 Å². The molecule has 2 N–H and O–H groups in total. The van der Waals surface area contributed by atoms with Gasteiger partial charge in [-0.05, 0) is 12.1 Å². The molecule has 0 aromatic heterocycles. The number of rotatable bonds is 2. The summed E-state index contributed by atoms with van der Waals surface area (Å²) in [4.78, 5) is 2.14. The monoisotopic (exact) mass is 191 g/mol. The van der Waals surface area contributed by atoms with Crippen molar-refractivity contribution in [1.29, 1.82) is 0 Å². The molecule has 1 aromatic rings. The third-order valence-electron chi connectivity index (χ3n) is 3.01. The minimum Gasteiger partial charge on any atom is -0.378 e. The summed E-state index contributed by atoms with van der Waals surface area (Å²) in [5.74, 6) is 0. The lowest BCUT2D eigenvalue weighted by Gasteiger charge is -2.13. The van der Waals surface area contributed by atoms with E-state index in [0.717, 1.165) is 0 Å². The van der Waals surface area contributed by atoms with E-state index in [1.807, 2.05) is 0 Å². The van der Waals surface area contributed by atoms with E-state index in [1.165, 1.54) is 30.6 Å². The standard InChI is InChI=1S/C12H18N2/c1-14(2)11-7-5-10(6-8-11)12-4-3-9-13-12/h5-8,12-13H,3-4,9H2,1-2H3/p+1/t12-/m1/s1. The molecule has 2 rings (SSSR count). The zero-order valence-electron chi connectivity index (χ0n) is 9.03. The van der Waals surface area contributed by atoms with Crippen molar-refractivity contribution in [1.82, 2.24) is 0 Å². The molecule has 0 spiro atoms. The first-order chi connectivity index (χ1) is 6.77. The Bertz CT molecular complexity index is 284. The summed E-state index contributed by atoms with van der Waals surface area (Å²) in [6.45, 7) is 1.29. The molecule has 0 unspecified atom stereocenters. The van der Waals surface area contributed by atoms with Gasteiger partial charge in [-0.2, -0.15) is 0 Å². The molecule has 1 aliphatic rings. The fraction of sp³-hybridized carbons (Fsp3) is 0.500. The van der Waals surface area contributed by atoms with E-state index >= 15 is 0 Å².